The second-order valence-corrected chi connectivity index (χ2v) is 7.29. The minimum atomic E-state index is -0.658. The highest BCUT2D eigenvalue weighted by molar-refractivity contribution is 7.13. The lowest BCUT2D eigenvalue weighted by Crippen LogP contribution is -2.51. The van der Waals surface area contributed by atoms with Crippen molar-refractivity contribution in [2.24, 2.45) is 0 Å². The molecule has 144 valence electrons. The Bertz CT molecular complexity index is 1020. The van der Waals surface area contributed by atoms with Crippen LogP contribution in [0.3, 0.4) is 0 Å². The Morgan fingerprint density at radius 1 is 1.00 bits per heavy atom. The monoisotopic (exact) mass is 398 g/mol. The van der Waals surface area contributed by atoms with E-state index in [2.05, 4.69) is 5.10 Å². The maximum atomic E-state index is 12.5. The number of nitrogens with zero attached hydrogens (tertiary/aromatic N) is 4. The maximum absolute atomic E-state index is 12.5. The molecule has 0 bridgehead atoms. The molecular formula is C19H18N4O4S. The summed E-state index contributed by atoms with van der Waals surface area (Å²) in [5, 5.41) is 5.96. The number of hydrogen-bond acceptors (Lipinski definition) is 6. The number of hydrogen-bond donors (Lipinski definition) is 0. The largest absolute Gasteiger partial charge is 0.437 e. The van der Waals surface area contributed by atoms with Crippen LogP contribution in [0.4, 0.5) is 0 Å². The minimum absolute atomic E-state index is 0.0407. The van der Waals surface area contributed by atoms with Gasteiger partial charge in [-0.15, -0.1) is 16.4 Å². The predicted octanol–water partition coefficient (Wildman–Crippen LogP) is 1.55. The standard InChI is InChI=1S/C19H18N4O4S/c24-16(13-23-19(26)27-17(20-23)15-7-4-12-28-15)21-8-10-22(11-9-21)18(25)14-5-2-1-3-6-14/h1-7,12H,8-11,13H2. The molecule has 28 heavy (non-hydrogen) atoms. The lowest BCUT2D eigenvalue weighted by atomic mass is 10.2. The zero-order chi connectivity index (χ0) is 19.5. The van der Waals surface area contributed by atoms with Gasteiger partial charge in [0.15, 0.2) is 0 Å². The van der Waals surface area contributed by atoms with Crippen molar-refractivity contribution >= 4 is 23.2 Å². The van der Waals surface area contributed by atoms with E-state index in [1.807, 2.05) is 29.6 Å². The Morgan fingerprint density at radius 3 is 2.39 bits per heavy atom. The van der Waals surface area contributed by atoms with E-state index in [0.717, 1.165) is 9.56 Å². The third-order valence-corrected chi connectivity index (χ3v) is 5.42. The van der Waals surface area contributed by atoms with Crippen molar-refractivity contribution in [3.8, 4) is 10.8 Å². The normalized spacial score (nSPS) is 14.3. The number of thiophene rings is 1. The van der Waals surface area contributed by atoms with E-state index < -0.39 is 5.76 Å². The average molecular weight is 398 g/mol. The van der Waals surface area contributed by atoms with Gasteiger partial charge in [-0.1, -0.05) is 24.3 Å². The highest BCUT2D eigenvalue weighted by atomic mass is 32.1. The van der Waals surface area contributed by atoms with E-state index >= 15 is 0 Å². The molecule has 4 rings (SSSR count). The molecule has 0 N–H and O–H groups in total. The molecule has 0 spiro atoms. The zero-order valence-electron chi connectivity index (χ0n) is 15.0. The Kier molecular flexibility index (Phi) is 5.07. The number of benzene rings is 1. The molecule has 1 aliphatic heterocycles. The average Bonchev–Trinajstić information content (AvgIpc) is 3.38. The molecule has 0 aliphatic carbocycles. The predicted molar refractivity (Wildman–Crippen MR) is 103 cm³/mol. The fourth-order valence-corrected chi connectivity index (χ4v) is 3.70. The van der Waals surface area contributed by atoms with Crippen LogP contribution >= 0.6 is 11.3 Å². The Labute approximate surface area is 164 Å². The van der Waals surface area contributed by atoms with E-state index in [0.29, 0.717) is 31.7 Å². The smallest absolute Gasteiger partial charge is 0.387 e. The van der Waals surface area contributed by atoms with Crippen molar-refractivity contribution < 1.29 is 14.0 Å². The zero-order valence-corrected chi connectivity index (χ0v) is 15.8. The van der Waals surface area contributed by atoms with Crippen LogP contribution in [-0.2, 0) is 11.3 Å². The summed E-state index contributed by atoms with van der Waals surface area (Å²) in [4.78, 5) is 41.1. The summed E-state index contributed by atoms with van der Waals surface area (Å²) < 4.78 is 6.17. The highest BCUT2D eigenvalue weighted by Crippen LogP contribution is 2.21. The molecule has 3 heterocycles. The van der Waals surface area contributed by atoms with Gasteiger partial charge in [-0.2, -0.15) is 4.68 Å². The first-order valence-electron chi connectivity index (χ1n) is 8.86. The summed E-state index contributed by atoms with van der Waals surface area (Å²) >= 11 is 1.40. The quantitative estimate of drug-likeness (QED) is 0.665. The van der Waals surface area contributed by atoms with Gasteiger partial charge in [0.1, 0.15) is 6.54 Å². The van der Waals surface area contributed by atoms with Crippen LogP contribution in [0.2, 0.25) is 0 Å². The molecular weight excluding hydrogens is 380 g/mol. The fourth-order valence-electron chi connectivity index (χ4n) is 3.06. The molecule has 2 amide bonds. The Morgan fingerprint density at radius 2 is 1.71 bits per heavy atom. The third-order valence-electron chi connectivity index (χ3n) is 4.56. The van der Waals surface area contributed by atoms with Crippen molar-refractivity contribution in [2.45, 2.75) is 6.54 Å². The van der Waals surface area contributed by atoms with E-state index in [9.17, 15) is 14.4 Å². The van der Waals surface area contributed by atoms with Gasteiger partial charge < -0.3 is 14.2 Å². The van der Waals surface area contributed by atoms with Crippen molar-refractivity contribution in [2.75, 3.05) is 26.2 Å². The van der Waals surface area contributed by atoms with Gasteiger partial charge in [0.2, 0.25) is 5.91 Å². The molecule has 0 unspecified atom stereocenters. The summed E-state index contributed by atoms with van der Waals surface area (Å²) in [5.74, 6) is -0.707. The molecule has 0 saturated carbocycles. The van der Waals surface area contributed by atoms with Gasteiger partial charge in [0, 0.05) is 31.7 Å². The number of carbonyl (C=O) groups excluding carboxylic acids is 2. The molecule has 8 nitrogen and oxygen atoms in total. The van der Waals surface area contributed by atoms with Crippen molar-refractivity contribution in [3.05, 3.63) is 64.0 Å². The SMILES string of the molecule is O=C(Cn1nc(-c2cccs2)oc1=O)N1CCN(C(=O)c2ccccc2)CC1. The van der Waals surface area contributed by atoms with Crippen LogP contribution in [0.1, 0.15) is 10.4 Å². The molecule has 1 fully saturated rings. The van der Waals surface area contributed by atoms with Crippen LogP contribution in [0.5, 0.6) is 0 Å². The van der Waals surface area contributed by atoms with Crippen LogP contribution in [-0.4, -0.2) is 57.6 Å². The second kappa shape index (κ2) is 7.81. The van der Waals surface area contributed by atoms with Crippen LogP contribution in [0.25, 0.3) is 10.8 Å². The number of carbonyl (C=O) groups is 2. The first kappa shape index (κ1) is 18.2. The topological polar surface area (TPSA) is 88.6 Å². The minimum Gasteiger partial charge on any atom is -0.387 e. The van der Waals surface area contributed by atoms with Crippen molar-refractivity contribution in [1.82, 2.24) is 19.6 Å². The van der Waals surface area contributed by atoms with Crippen LogP contribution < -0.4 is 5.76 Å². The van der Waals surface area contributed by atoms with Crippen molar-refractivity contribution in [3.63, 3.8) is 0 Å². The number of rotatable bonds is 4. The van der Waals surface area contributed by atoms with E-state index in [-0.39, 0.29) is 24.2 Å². The van der Waals surface area contributed by atoms with Gasteiger partial charge in [-0.05, 0) is 23.6 Å². The number of aromatic nitrogens is 2. The maximum Gasteiger partial charge on any atom is 0.437 e. The molecule has 0 radical (unpaired) electrons. The summed E-state index contributed by atoms with van der Waals surface area (Å²) in [5.41, 5.74) is 0.637. The summed E-state index contributed by atoms with van der Waals surface area (Å²) in [6.45, 7) is 1.56. The first-order chi connectivity index (χ1) is 13.6. The van der Waals surface area contributed by atoms with Gasteiger partial charge in [0.05, 0.1) is 4.88 Å². The van der Waals surface area contributed by atoms with Crippen LogP contribution in [0, 0.1) is 0 Å². The lowest BCUT2D eigenvalue weighted by molar-refractivity contribution is -0.133. The van der Waals surface area contributed by atoms with Crippen molar-refractivity contribution in [1.29, 1.82) is 0 Å². The lowest BCUT2D eigenvalue weighted by Gasteiger charge is -2.34. The van der Waals surface area contributed by atoms with E-state index in [1.165, 1.54) is 11.3 Å². The molecule has 3 aromatic rings. The second-order valence-electron chi connectivity index (χ2n) is 6.35. The van der Waals surface area contributed by atoms with E-state index in [1.54, 1.807) is 28.0 Å². The fraction of sp³-hybridized carbons (Fsp3) is 0.263. The molecule has 9 heteroatoms. The summed E-state index contributed by atoms with van der Waals surface area (Å²) in [6.07, 6.45) is 0. The van der Waals surface area contributed by atoms with Gasteiger partial charge >= 0.3 is 5.76 Å². The highest BCUT2D eigenvalue weighted by Gasteiger charge is 2.25. The van der Waals surface area contributed by atoms with Gasteiger partial charge in [0.25, 0.3) is 11.8 Å². The summed E-state index contributed by atoms with van der Waals surface area (Å²) in [7, 11) is 0. The molecule has 1 saturated heterocycles. The molecule has 0 atom stereocenters. The Balaban J connectivity index is 1.36. The molecule has 1 aliphatic rings. The number of piperazine rings is 1. The third kappa shape index (κ3) is 3.74. The van der Waals surface area contributed by atoms with Gasteiger partial charge in [-0.3, -0.25) is 9.59 Å². The van der Waals surface area contributed by atoms with Crippen LogP contribution in [0.15, 0.2) is 57.1 Å². The molecule has 2 aromatic heterocycles. The van der Waals surface area contributed by atoms with E-state index in [4.69, 9.17) is 4.42 Å². The molecule has 1 aromatic carbocycles. The Hall–Kier alpha value is -3.20. The van der Waals surface area contributed by atoms with Gasteiger partial charge in [-0.25, -0.2) is 4.79 Å². The number of amides is 2. The first-order valence-corrected chi connectivity index (χ1v) is 9.74. The summed E-state index contributed by atoms with van der Waals surface area (Å²) in [6, 6.07) is 12.7.